The molecule has 2 heterocycles. The number of para-hydroxylation sites is 1. The lowest BCUT2D eigenvalue weighted by molar-refractivity contribution is -0.274. The van der Waals surface area contributed by atoms with Gasteiger partial charge in [-0.25, -0.2) is 9.98 Å². The quantitative estimate of drug-likeness (QED) is 0.278. The number of hydrogen-bond acceptors (Lipinski definition) is 5. The first-order valence-electron chi connectivity index (χ1n) is 10.00. The van der Waals surface area contributed by atoms with E-state index in [1.807, 2.05) is 6.92 Å². The smallest absolute Gasteiger partial charge is 0.405 e. The first-order valence-corrected chi connectivity index (χ1v) is 10.9. The van der Waals surface area contributed by atoms with Crippen molar-refractivity contribution in [3.63, 3.8) is 0 Å². The molecule has 6 nitrogen and oxygen atoms in total. The van der Waals surface area contributed by atoms with Crippen molar-refractivity contribution in [2.45, 2.75) is 39.1 Å². The van der Waals surface area contributed by atoms with Gasteiger partial charge in [0, 0.05) is 43.5 Å². The Kier molecular flexibility index (Phi) is 10.1. The highest BCUT2D eigenvalue weighted by atomic mass is 127. The predicted molar refractivity (Wildman–Crippen MR) is 129 cm³/mol. The van der Waals surface area contributed by atoms with Gasteiger partial charge in [-0.2, -0.15) is 0 Å². The molecule has 0 aliphatic carbocycles. The summed E-state index contributed by atoms with van der Waals surface area (Å²) >= 11 is 1.66. The molecular weight excluding hydrogens is 542 g/mol. The lowest BCUT2D eigenvalue weighted by Gasteiger charge is -2.14. The van der Waals surface area contributed by atoms with Gasteiger partial charge in [0.2, 0.25) is 0 Å². The van der Waals surface area contributed by atoms with Gasteiger partial charge in [-0.1, -0.05) is 18.2 Å². The number of aliphatic imine (C=N–C) groups is 1. The molecule has 11 heteroatoms. The summed E-state index contributed by atoms with van der Waals surface area (Å²) in [6, 6.07) is 6.03. The van der Waals surface area contributed by atoms with Gasteiger partial charge >= 0.3 is 6.36 Å². The Morgan fingerprint density at radius 1 is 1.23 bits per heavy atom. The van der Waals surface area contributed by atoms with Crippen molar-refractivity contribution in [2.75, 3.05) is 31.1 Å². The maximum absolute atomic E-state index is 12.6. The lowest BCUT2D eigenvalue weighted by Crippen LogP contribution is -2.38. The third-order valence-corrected chi connectivity index (χ3v) is 5.49. The van der Waals surface area contributed by atoms with Crippen LogP contribution in [-0.2, 0) is 13.0 Å². The SMILES string of the molecule is CCNC(=NCc1ccccc1OC(F)(F)F)NCCc1csc(N2CCCC2)n1.I. The number of anilines is 1. The Bertz CT molecular complexity index is 840. The highest BCUT2D eigenvalue weighted by Crippen LogP contribution is 2.27. The number of nitrogens with zero attached hydrogens (tertiary/aromatic N) is 3. The van der Waals surface area contributed by atoms with Gasteiger partial charge < -0.3 is 20.3 Å². The van der Waals surface area contributed by atoms with Crippen LogP contribution in [0.15, 0.2) is 34.6 Å². The Morgan fingerprint density at radius 2 is 1.97 bits per heavy atom. The molecule has 31 heavy (non-hydrogen) atoms. The van der Waals surface area contributed by atoms with Crippen LogP contribution in [0.2, 0.25) is 0 Å². The second-order valence-corrected chi connectivity index (χ2v) is 7.68. The van der Waals surface area contributed by atoms with E-state index in [0.717, 1.165) is 30.3 Å². The van der Waals surface area contributed by atoms with Crippen LogP contribution in [-0.4, -0.2) is 43.5 Å². The molecule has 3 rings (SSSR count). The molecule has 1 aliphatic rings. The maximum Gasteiger partial charge on any atom is 0.573 e. The highest BCUT2D eigenvalue weighted by molar-refractivity contribution is 14.0. The van der Waals surface area contributed by atoms with Crippen molar-refractivity contribution in [3.8, 4) is 5.75 Å². The molecule has 1 aliphatic heterocycles. The topological polar surface area (TPSA) is 61.8 Å². The van der Waals surface area contributed by atoms with Gasteiger partial charge in [0.05, 0.1) is 12.2 Å². The fourth-order valence-electron chi connectivity index (χ4n) is 3.14. The van der Waals surface area contributed by atoms with E-state index in [0.29, 0.717) is 24.6 Å². The summed E-state index contributed by atoms with van der Waals surface area (Å²) < 4.78 is 41.8. The number of rotatable bonds is 8. The Labute approximate surface area is 201 Å². The van der Waals surface area contributed by atoms with Crippen LogP contribution in [0.5, 0.6) is 5.75 Å². The summed E-state index contributed by atoms with van der Waals surface area (Å²) in [7, 11) is 0. The van der Waals surface area contributed by atoms with Crippen LogP contribution in [0, 0.1) is 0 Å². The highest BCUT2D eigenvalue weighted by Gasteiger charge is 2.31. The third-order valence-electron chi connectivity index (χ3n) is 4.54. The van der Waals surface area contributed by atoms with Crippen LogP contribution in [0.4, 0.5) is 18.3 Å². The summed E-state index contributed by atoms with van der Waals surface area (Å²) in [5.74, 6) is 0.302. The van der Waals surface area contributed by atoms with Gasteiger partial charge in [0.15, 0.2) is 11.1 Å². The van der Waals surface area contributed by atoms with E-state index in [1.54, 1.807) is 23.5 Å². The van der Waals surface area contributed by atoms with Crippen LogP contribution >= 0.6 is 35.3 Å². The predicted octanol–water partition coefficient (Wildman–Crippen LogP) is 4.56. The van der Waals surface area contributed by atoms with Gasteiger partial charge in [-0.15, -0.1) is 48.5 Å². The second kappa shape index (κ2) is 12.3. The van der Waals surface area contributed by atoms with E-state index in [-0.39, 0.29) is 36.3 Å². The monoisotopic (exact) mass is 569 g/mol. The minimum absolute atomic E-state index is 0. The van der Waals surface area contributed by atoms with Crippen LogP contribution in [0.3, 0.4) is 0 Å². The average molecular weight is 569 g/mol. The zero-order valence-corrected chi connectivity index (χ0v) is 20.4. The first kappa shape index (κ1) is 25.5. The number of halogens is 4. The zero-order valence-electron chi connectivity index (χ0n) is 17.2. The van der Waals surface area contributed by atoms with Crippen LogP contribution in [0.1, 0.15) is 31.0 Å². The van der Waals surface area contributed by atoms with Crippen molar-refractivity contribution in [1.29, 1.82) is 0 Å². The van der Waals surface area contributed by atoms with Crippen molar-refractivity contribution in [2.24, 2.45) is 4.99 Å². The number of thiazole rings is 1. The minimum atomic E-state index is -4.73. The molecule has 1 aromatic carbocycles. The number of hydrogen-bond donors (Lipinski definition) is 2. The molecule has 1 saturated heterocycles. The molecule has 1 aromatic heterocycles. The molecule has 2 aromatic rings. The molecule has 0 atom stereocenters. The molecule has 0 radical (unpaired) electrons. The summed E-state index contributed by atoms with van der Waals surface area (Å²) in [5.41, 5.74) is 1.39. The van der Waals surface area contributed by atoms with E-state index in [4.69, 9.17) is 4.98 Å². The van der Waals surface area contributed by atoms with Crippen molar-refractivity contribution in [1.82, 2.24) is 15.6 Å². The Hall–Kier alpha value is -1.76. The van der Waals surface area contributed by atoms with Crippen molar-refractivity contribution < 1.29 is 17.9 Å². The summed E-state index contributed by atoms with van der Waals surface area (Å²) in [6.45, 7) is 5.40. The van der Waals surface area contributed by atoms with E-state index >= 15 is 0 Å². The van der Waals surface area contributed by atoms with Crippen LogP contribution in [0.25, 0.3) is 0 Å². The molecular formula is C20H27F3IN5OS. The zero-order chi connectivity index (χ0) is 21.4. The van der Waals surface area contributed by atoms with Crippen molar-refractivity contribution in [3.05, 3.63) is 40.9 Å². The van der Waals surface area contributed by atoms with Gasteiger partial charge in [-0.05, 0) is 25.8 Å². The maximum atomic E-state index is 12.6. The Morgan fingerprint density at radius 3 is 2.68 bits per heavy atom. The lowest BCUT2D eigenvalue weighted by atomic mass is 10.2. The largest absolute Gasteiger partial charge is 0.573 e. The molecule has 172 valence electrons. The third kappa shape index (κ3) is 8.36. The first-order chi connectivity index (χ1) is 14.4. The van der Waals surface area contributed by atoms with Gasteiger partial charge in [0.25, 0.3) is 0 Å². The number of guanidine groups is 1. The number of aromatic nitrogens is 1. The van der Waals surface area contributed by atoms with E-state index in [9.17, 15) is 13.2 Å². The summed E-state index contributed by atoms with van der Waals surface area (Å²) in [5, 5.41) is 9.47. The van der Waals surface area contributed by atoms with Crippen LogP contribution < -0.4 is 20.3 Å². The normalized spacial score (nSPS) is 14.3. The fourth-order valence-corrected chi connectivity index (χ4v) is 4.05. The Balaban J connectivity index is 0.00000341. The van der Waals surface area contributed by atoms with E-state index in [1.165, 1.54) is 25.0 Å². The van der Waals surface area contributed by atoms with Gasteiger partial charge in [-0.3, -0.25) is 0 Å². The molecule has 0 amide bonds. The summed E-state index contributed by atoms with van der Waals surface area (Å²) in [6.07, 6.45) is -1.56. The number of benzene rings is 1. The molecule has 2 N–H and O–H groups in total. The minimum Gasteiger partial charge on any atom is -0.405 e. The standard InChI is InChI=1S/C20H26F3N5OS.HI/c1-2-24-18(26-13-15-7-3-4-8-17(15)29-20(21,22)23)25-10-9-16-14-30-19(27-16)28-11-5-6-12-28;/h3-4,7-8,14H,2,5-6,9-13H2,1H3,(H2,24,25,26);1H. The molecule has 0 unspecified atom stereocenters. The van der Waals surface area contributed by atoms with Crippen molar-refractivity contribution >= 4 is 46.4 Å². The second-order valence-electron chi connectivity index (χ2n) is 6.84. The fraction of sp³-hybridized carbons (Fsp3) is 0.500. The number of nitrogens with one attached hydrogen (secondary N) is 2. The molecule has 0 spiro atoms. The van der Waals surface area contributed by atoms with E-state index in [2.05, 4.69) is 30.6 Å². The van der Waals surface area contributed by atoms with Gasteiger partial charge in [0.1, 0.15) is 5.75 Å². The number of alkyl halides is 3. The van der Waals surface area contributed by atoms with E-state index < -0.39 is 6.36 Å². The molecule has 0 saturated carbocycles. The molecule has 1 fully saturated rings. The number of ether oxygens (including phenoxy) is 1. The molecule has 0 bridgehead atoms. The summed E-state index contributed by atoms with van der Waals surface area (Å²) in [4.78, 5) is 11.4. The average Bonchev–Trinajstić information content (AvgIpc) is 3.37.